The number of aromatic nitrogens is 1. The molecule has 0 saturated heterocycles. The Kier molecular flexibility index (Phi) is 6.36. The van der Waals surface area contributed by atoms with Gasteiger partial charge in [0, 0.05) is 17.5 Å². The second-order valence-electron chi connectivity index (χ2n) is 5.00. The number of amides is 1. The van der Waals surface area contributed by atoms with Crippen LogP contribution in [0.5, 0.6) is 0 Å². The molecule has 2 N–H and O–H groups in total. The van der Waals surface area contributed by atoms with E-state index in [0.29, 0.717) is 24.4 Å². The van der Waals surface area contributed by atoms with E-state index in [0.717, 1.165) is 16.3 Å². The summed E-state index contributed by atoms with van der Waals surface area (Å²) in [6.07, 6.45) is 1.16. The molecule has 2 rings (SSSR count). The van der Waals surface area contributed by atoms with E-state index in [1.165, 1.54) is 11.3 Å². The van der Waals surface area contributed by atoms with Crippen LogP contribution in [0.2, 0.25) is 5.02 Å². The number of hydrogen-bond donors (Lipinski definition) is 2. The molecule has 6 heteroatoms. The zero-order valence-corrected chi connectivity index (χ0v) is 14.0. The van der Waals surface area contributed by atoms with Crippen LogP contribution in [0.25, 0.3) is 10.6 Å². The molecule has 2 aromatic rings. The first-order valence-electron chi connectivity index (χ1n) is 7.24. The summed E-state index contributed by atoms with van der Waals surface area (Å²) in [4.78, 5) is 16.3. The van der Waals surface area contributed by atoms with Crippen molar-refractivity contribution in [3.8, 4) is 10.6 Å². The van der Waals surface area contributed by atoms with Gasteiger partial charge in [0.15, 0.2) is 0 Å². The van der Waals surface area contributed by atoms with Crippen LogP contribution in [-0.4, -0.2) is 28.6 Å². The number of aliphatic hydroxyl groups excluding tert-OH is 1. The molecular formula is C16H19ClN2O2S. The Balaban J connectivity index is 1.90. The highest BCUT2D eigenvalue weighted by Gasteiger charge is 2.11. The van der Waals surface area contributed by atoms with E-state index < -0.39 is 0 Å². The molecule has 1 aromatic heterocycles. The number of carbonyl (C=O) groups is 1. The third kappa shape index (κ3) is 4.80. The van der Waals surface area contributed by atoms with E-state index in [9.17, 15) is 9.90 Å². The van der Waals surface area contributed by atoms with Gasteiger partial charge in [0.05, 0.1) is 23.2 Å². The first-order valence-corrected chi connectivity index (χ1v) is 8.50. The van der Waals surface area contributed by atoms with E-state index in [-0.39, 0.29) is 18.4 Å². The molecule has 1 unspecified atom stereocenters. The van der Waals surface area contributed by atoms with Crippen molar-refractivity contribution in [2.24, 2.45) is 0 Å². The highest BCUT2D eigenvalue weighted by atomic mass is 35.5. The molecule has 0 spiro atoms. The van der Waals surface area contributed by atoms with E-state index in [1.54, 1.807) is 0 Å². The topological polar surface area (TPSA) is 62.2 Å². The SMILES string of the molecule is CCC(O)CCNC(=O)Cc1csc(-c2ccccc2Cl)n1. The van der Waals surface area contributed by atoms with Crippen molar-refractivity contribution in [1.29, 1.82) is 0 Å². The first-order chi connectivity index (χ1) is 10.6. The molecular weight excluding hydrogens is 320 g/mol. The highest BCUT2D eigenvalue weighted by molar-refractivity contribution is 7.13. The fraction of sp³-hybridized carbons (Fsp3) is 0.375. The highest BCUT2D eigenvalue weighted by Crippen LogP contribution is 2.30. The van der Waals surface area contributed by atoms with Crippen LogP contribution < -0.4 is 5.32 Å². The maximum atomic E-state index is 11.8. The third-order valence-electron chi connectivity index (χ3n) is 3.27. The normalized spacial score (nSPS) is 12.1. The Bertz CT molecular complexity index is 630. The first kappa shape index (κ1) is 16.9. The molecule has 0 radical (unpaired) electrons. The smallest absolute Gasteiger partial charge is 0.226 e. The average Bonchev–Trinajstić information content (AvgIpc) is 2.95. The van der Waals surface area contributed by atoms with Gasteiger partial charge in [0.25, 0.3) is 0 Å². The van der Waals surface area contributed by atoms with Crippen molar-refractivity contribution < 1.29 is 9.90 Å². The lowest BCUT2D eigenvalue weighted by molar-refractivity contribution is -0.120. The fourth-order valence-corrected chi connectivity index (χ4v) is 3.10. The van der Waals surface area contributed by atoms with Crippen molar-refractivity contribution in [3.63, 3.8) is 0 Å². The predicted octanol–water partition coefficient (Wildman–Crippen LogP) is 3.28. The van der Waals surface area contributed by atoms with Crippen molar-refractivity contribution in [1.82, 2.24) is 10.3 Å². The van der Waals surface area contributed by atoms with Crippen molar-refractivity contribution >= 4 is 28.8 Å². The van der Waals surface area contributed by atoms with Gasteiger partial charge in [-0.2, -0.15) is 0 Å². The van der Waals surface area contributed by atoms with Crippen molar-refractivity contribution in [2.45, 2.75) is 32.3 Å². The summed E-state index contributed by atoms with van der Waals surface area (Å²) in [5.41, 5.74) is 1.61. The molecule has 0 aliphatic carbocycles. The summed E-state index contributed by atoms with van der Waals surface area (Å²) < 4.78 is 0. The lowest BCUT2D eigenvalue weighted by atomic mass is 10.2. The second-order valence-corrected chi connectivity index (χ2v) is 6.27. The Morgan fingerprint density at radius 1 is 1.45 bits per heavy atom. The van der Waals surface area contributed by atoms with Crippen LogP contribution in [0.3, 0.4) is 0 Å². The van der Waals surface area contributed by atoms with E-state index in [1.807, 2.05) is 36.6 Å². The number of halogens is 1. The minimum absolute atomic E-state index is 0.0840. The van der Waals surface area contributed by atoms with Crippen molar-refractivity contribution in [2.75, 3.05) is 6.54 Å². The van der Waals surface area contributed by atoms with Crippen LogP contribution in [-0.2, 0) is 11.2 Å². The molecule has 1 heterocycles. The molecule has 4 nitrogen and oxygen atoms in total. The Hall–Kier alpha value is -1.43. The molecule has 1 amide bonds. The number of benzene rings is 1. The van der Waals surface area contributed by atoms with Crippen LogP contribution in [0.15, 0.2) is 29.6 Å². The number of aliphatic hydroxyl groups is 1. The summed E-state index contributed by atoms with van der Waals surface area (Å²) >= 11 is 7.62. The predicted molar refractivity (Wildman–Crippen MR) is 90.2 cm³/mol. The zero-order valence-electron chi connectivity index (χ0n) is 12.4. The van der Waals surface area contributed by atoms with Gasteiger partial charge in [-0.15, -0.1) is 11.3 Å². The lowest BCUT2D eigenvalue weighted by Gasteiger charge is -2.08. The molecule has 0 saturated carbocycles. The van der Waals surface area contributed by atoms with Gasteiger partial charge in [0.1, 0.15) is 5.01 Å². The van der Waals surface area contributed by atoms with Gasteiger partial charge in [-0.25, -0.2) is 4.98 Å². The number of nitrogens with zero attached hydrogens (tertiary/aromatic N) is 1. The second kappa shape index (κ2) is 8.27. The van der Waals surface area contributed by atoms with Crippen molar-refractivity contribution in [3.05, 3.63) is 40.4 Å². The monoisotopic (exact) mass is 338 g/mol. The minimum Gasteiger partial charge on any atom is -0.393 e. The molecule has 0 aliphatic rings. The largest absolute Gasteiger partial charge is 0.393 e. The fourth-order valence-electron chi connectivity index (χ4n) is 1.96. The number of rotatable bonds is 7. The van der Waals surface area contributed by atoms with Gasteiger partial charge in [-0.05, 0) is 18.9 Å². The summed E-state index contributed by atoms with van der Waals surface area (Å²) in [7, 11) is 0. The van der Waals surface area contributed by atoms with Crippen LogP contribution >= 0.6 is 22.9 Å². The van der Waals surface area contributed by atoms with Crippen LogP contribution in [0.1, 0.15) is 25.5 Å². The Labute approximate surface area is 139 Å². The molecule has 1 aromatic carbocycles. The van der Waals surface area contributed by atoms with Gasteiger partial charge in [0.2, 0.25) is 5.91 Å². The summed E-state index contributed by atoms with van der Waals surface area (Å²) in [6.45, 7) is 2.40. The summed E-state index contributed by atoms with van der Waals surface area (Å²) in [6, 6.07) is 7.52. The standard InChI is InChI=1S/C16H19ClN2O2S/c1-2-12(20)7-8-18-15(21)9-11-10-22-16(19-11)13-5-3-4-6-14(13)17/h3-6,10,12,20H,2,7-9H2,1H3,(H,18,21). The van der Waals surface area contributed by atoms with E-state index in [4.69, 9.17) is 11.6 Å². The Morgan fingerprint density at radius 3 is 2.95 bits per heavy atom. The van der Waals surface area contributed by atoms with E-state index in [2.05, 4.69) is 10.3 Å². The van der Waals surface area contributed by atoms with E-state index >= 15 is 0 Å². The molecule has 118 valence electrons. The maximum absolute atomic E-state index is 11.8. The summed E-state index contributed by atoms with van der Waals surface area (Å²) in [5, 5.41) is 15.6. The van der Waals surface area contributed by atoms with Gasteiger partial charge >= 0.3 is 0 Å². The maximum Gasteiger partial charge on any atom is 0.226 e. The minimum atomic E-state index is -0.355. The number of nitrogens with one attached hydrogen (secondary N) is 1. The quantitative estimate of drug-likeness (QED) is 0.814. The van der Waals surface area contributed by atoms with Crippen LogP contribution in [0, 0.1) is 0 Å². The average molecular weight is 339 g/mol. The Morgan fingerprint density at radius 2 is 2.23 bits per heavy atom. The molecule has 0 bridgehead atoms. The van der Waals surface area contributed by atoms with Gasteiger partial charge in [-0.3, -0.25) is 4.79 Å². The van der Waals surface area contributed by atoms with Gasteiger partial charge < -0.3 is 10.4 Å². The third-order valence-corrected chi connectivity index (χ3v) is 4.52. The number of hydrogen-bond acceptors (Lipinski definition) is 4. The molecule has 1 atom stereocenters. The number of carbonyl (C=O) groups excluding carboxylic acids is 1. The molecule has 0 aliphatic heterocycles. The summed E-state index contributed by atoms with van der Waals surface area (Å²) in [5.74, 6) is -0.0840. The lowest BCUT2D eigenvalue weighted by Crippen LogP contribution is -2.28. The van der Waals surface area contributed by atoms with Gasteiger partial charge in [-0.1, -0.05) is 36.7 Å². The molecule has 0 fully saturated rings. The number of thiazole rings is 1. The van der Waals surface area contributed by atoms with Crippen LogP contribution in [0.4, 0.5) is 0 Å². The molecule has 22 heavy (non-hydrogen) atoms. The zero-order chi connectivity index (χ0) is 15.9.